The summed E-state index contributed by atoms with van der Waals surface area (Å²) in [5, 5.41) is 5.48. The summed E-state index contributed by atoms with van der Waals surface area (Å²) in [6, 6.07) is 11.2. The Morgan fingerprint density at radius 1 is 0.969 bits per heavy atom. The molecule has 1 aliphatic heterocycles. The second-order valence-electron chi connectivity index (χ2n) is 6.97. The lowest BCUT2D eigenvalue weighted by Gasteiger charge is -2.14. The molecule has 0 spiro atoms. The smallest absolute Gasteiger partial charge is 0.406 e. The lowest BCUT2D eigenvalue weighted by atomic mass is 10.0. The number of ether oxygens (including phenoxy) is 1. The fourth-order valence-corrected chi connectivity index (χ4v) is 3.19. The van der Waals surface area contributed by atoms with Crippen molar-refractivity contribution in [2.24, 2.45) is 0 Å². The number of anilines is 2. The highest BCUT2D eigenvalue weighted by Crippen LogP contribution is 2.32. The van der Waals surface area contributed by atoms with Gasteiger partial charge in [0, 0.05) is 24.8 Å². The second-order valence-corrected chi connectivity index (χ2v) is 6.97. The summed E-state index contributed by atoms with van der Waals surface area (Å²) < 4.78 is 40.9. The molecule has 2 aromatic carbocycles. The van der Waals surface area contributed by atoms with Crippen molar-refractivity contribution in [3.8, 4) is 5.75 Å². The van der Waals surface area contributed by atoms with E-state index in [1.54, 1.807) is 24.3 Å². The molecular weight excluding hydrogens is 427 g/mol. The van der Waals surface area contributed by atoms with Gasteiger partial charge in [-0.3, -0.25) is 19.3 Å². The Balaban J connectivity index is 1.94. The van der Waals surface area contributed by atoms with Crippen molar-refractivity contribution in [3.63, 3.8) is 0 Å². The van der Waals surface area contributed by atoms with Crippen LogP contribution in [-0.2, 0) is 14.4 Å². The number of alkyl halides is 3. The van der Waals surface area contributed by atoms with Crippen LogP contribution in [0.1, 0.15) is 25.8 Å². The van der Waals surface area contributed by atoms with Crippen LogP contribution in [0.2, 0.25) is 0 Å². The Morgan fingerprint density at radius 2 is 1.56 bits per heavy atom. The third-order valence-corrected chi connectivity index (χ3v) is 4.47. The minimum Gasteiger partial charge on any atom is -0.406 e. The topological polar surface area (TPSA) is 87.7 Å². The minimum absolute atomic E-state index is 0.0141. The molecule has 0 saturated heterocycles. The molecule has 0 aliphatic carbocycles. The van der Waals surface area contributed by atoms with Crippen molar-refractivity contribution in [2.45, 2.75) is 26.6 Å². The number of halogens is 3. The molecule has 0 bridgehead atoms. The fraction of sp³-hybridized carbons (Fsp3) is 0.227. The standard InChI is InChI=1S/C22H20F3N3O4/c1-3-12-28-20(30)18(14-4-6-15(7-5-14)26-13(2)29)19(21(28)31)27-16-8-10-17(11-9-16)32-22(23,24)25/h4-11,27H,3,12H2,1-2H3,(H,26,29). The van der Waals surface area contributed by atoms with Crippen molar-refractivity contribution in [1.29, 1.82) is 0 Å². The average Bonchev–Trinajstić information content (AvgIpc) is 2.93. The molecule has 2 N–H and O–H groups in total. The number of carbonyl (C=O) groups excluding carboxylic acids is 3. The van der Waals surface area contributed by atoms with E-state index in [9.17, 15) is 27.6 Å². The second kappa shape index (κ2) is 9.13. The maximum atomic E-state index is 13.0. The van der Waals surface area contributed by atoms with Gasteiger partial charge in [0.2, 0.25) is 5.91 Å². The van der Waals surface area contributed by atoms with E-state index in [1.165, 1.54) is 19.1 Å². The molecule has 10 heteroatoms. The first-order valence-corrected chi connectivity index (χ1v) is 9.70. The molecule has 0 radical (unpaired) electrons. The highest BCUT2D eigenvalue weighted by Gasteiger charge is 2.38. The van der Waals surface area contributed by atoms with Gasteiger partial charge in [0.1, 0.15) is 11.4 Å². The van der Waals surface area contributed by atoms with Crippen LogP contribution in [0.3, 0.4) is 0 Å². The van der Waals surface area contributed by atoms with E-state index < -0.39 is 23.9 Å². The van der Waals surface area contributed by atoms with Gasteiger partial charge in [0.15, 0.2) is 0 Å². The van der Waals surface area contributed by atoms with E-state index in [0.717, 1.165) is 17.0 Å². The van der Waals surface area contributed by atoms with Gasteiger partial charge in [0.25, 0.3) is 11.8 Å². The summed E-state index contributed by atoms with van der Waals surface area (Å²) >= 11 is 0. The number of imide groups is 1. The van der Waals surface area contributed by atoms with Crippen molar-refractivity contribution in [2.75, 3.05) is 17.2 Å². The molecule has 3 rings (SSSR count). The van der Waals surface area contributed by atoms with E-state index in [0.29, 0.717) is 23.4 Å². The highest BCUT2D eigenvalue weighted by atomic mass is 19.4. The summed E-state index contributed by atoms with van der Waals surface area (Å²) in [5.41, 5.74) is 1.43. The predicted octanol–water partition coefficient (Wildman–Crippen LogP) is 4.15. The third kappa shape index (κ3) is 5.26. The molecule has 3 amide bonds. The lowest BCUT2D eigenvalue weighted by molar-refractivity contribution is -0.274. The zero-order valence-electron chi connectivity index (χ0n) is 17.2. The van der Waals surface area contributed by atoms with Gasteiger partial charge in [0.05, 0.1) is 5.57 Å². The van der Waals surface area contributed by atoms with E-state index >= 15 is 0 Å². The molecule has 2 aromatic rings. The summed E-state index contributed by atoms with van der Waals surface area (Å²) in [7, 11) is 0. The third-order valence-electron chi connectivity index (χ3n) is 4.47. The van der Waals surface area contributed by atoms with Gasteiger partial charge in [-0.1, -0.05) is 19.1 Å². The van der Waals surface area contributed by atoms with Crippen LogP contribution in [0.5, 0.6) is 5.75 Å². The first-order chi connectivity index (χ1) is 15.1. The minimum atomic E-state index is -4.82. The van der Waals surface area contributed by atoms with Gasteiger partial charge in [-0.25, -0.2) is 0 Å². The van der Waals surface area contributed by atoms with Gasteiger partial charge in [-0.05, 0) is 48.4 Å². The Morgan fingerprint density at radius 3 is 2.09 bits per heavy atom. The highest BCUT2D eigenvalue weighted by molar-refractivity contribution is 6.36. The van der Waals surface area contributed by atoms with Crippen molar-refractivity contribution in [3.05, 3.63) is 59.8 Å². The SMILES string of the molecule is CCCN1C(=O)C(Nc2ccc(OC(F)(F)F)cc2)=C(c2ccc(NC(C)=O)cc2)C1=O. The van der Waals surface area contributed by atoms with E-state index in [-0.39, 0.29) is 23.7 Å². The normalized spacial score (nSPS) is 14.1. The molecule has 0 fully saturated rings. The Hall–Kier alpha value is -3.82. The molecule has 0 aromatic heterocycles. The predicted molar refractivity (Wildman–Crippen MR) is 111 cm³/mol. The Bertz CT molecular complexity index is 1060. The summed E-state index contributed by atoms with van der Waals surface area (Å²) in [4.78, 5) is 38.2. The lowest BCUT2D eigenvalue weighted by Crippen LogP contribution is -2.33. The average molecular weight is 447 g/mol. The molecule has 168 valence electrons. The summed E-state index contributed by atoms with van der Waals surface area (Å²) in [5.74, 6) is -1.68. The zero-order valence-corrected chi connectivity index (χ0v) is 17.2. The quantitative estimate of drug-likeness (QED) is 0.623. The fourth-order valence-electron chi connectivity index (χ4n) is 3.19. The van der Waals surface area contributed by atoms with Crippen LogP contribution < -0.4 is 15.4 Å². The van der Waals surface area contributed by atoms with Crippen LogP contribution in [0.15, 0.2) is 54.2 Å². The molecule has 7 nitrogen and oxygen atoms in total. The Kier molecular flexibility index (Phi) is 6.52. The number of hydrogen-bond donors (Lipinski definition) is 2. The van der Waals surface area contributed by atoms with Gasteiger partial charge >= 0.3 is 6.36 Å². The van der Waals surface area contributed by atoms with Crippen LogP contribution in [0, 0.1) is 0 Å². The van der Waals surface area contributed by atoms with Gasteiger partial charge < -0.3 is 15.4 Å². The van der Waals surface area contributed by atoms with E-state index in [2.05, 4.69) is 15.4 Å². The number of nitrogens with zero attached hydrogens (tertiary/aromatic N) is 1. The van der Waals surface area contributed by atoms with Crippen LogP contribution in [-0.4, -0.2) is 35.5 Å². The first kappa shape index (κ1) is 22.9. The molecule has 1 heterocycles. The maximum Gasteiger partial charge on any atom is 0.573 e. The summed E-state index contributed by atoms with van der Waals surface area (Å²) in [6.45, 7) is 3.41. The monoisotopic (exact) mass is 447 g/mol. The van der Waals surface area contributed by atoms with Gasteiger partial charge in [-0.2, -0.15) is 0 Å². The number of benzene rings is 2. The number of carbonyl (C=O) groups is 3. The molecular formula is C22H20F3N3O4. The molecule has 1 aliphatic rings. The van der Waals surface area contributed by atoms with Gasteiger partial charge in [-0.15, -0.1) is 13.2 Å². The maximum absolute atomic E-state index is 13.0. The van der Waals surface area contributed by atoms with Crippen LogP contribution >= 0.6 is 0 Å². The molecule has 0 unspecified atom stereocenters. The number of nitrogens with one attached hydrogen (secondary N) is 2. The number of hydrogen-bond acceptors (Lipinski definition) is 5. The van der Waals surface area contributed by atoms with Crippen LogP contribution in [0.25, 0.3) is 5.57 Å². The first-order valence-electron chi connectivity index (χ1n) is 9.70. The van der Waals surface area contributed by atoms with Crippen molar-refractivity contribution in [1.82, 2.24) is 4.90 Å². The van der Waals surface area contributed by atoms with Crippen molar-refractivity contribution < 1.29 is 32.3 Å². The largest absolute Gasteiger partial charge is 0.573 e. The van der Waals surface area contributed by atoms with E-state index in [1.807, 2.05) is 6.92 Å². The molecule has 0 atom stereocenters. The van der Waals surface area contributed by atoms with Crippen molar-refractivity contribution >= 4 is 34.7 Å². The van der Waals surface area contributed by atoms with Crippen LogP contribution in [0.4, 0.5) is 24.5 Å². The van der Waals surface area contributed by atoms with E-state index in [4.69, 9.17) is 0 Å². The number of amides is 3. The molecule has 32 heavy (non-hydrogen) atoms. The number of rotatable bonds is 7. The molecule has 0 saturated carbocycles. The summed E-state index contributed by atoms with van der Waals surface area (Å²) in [6.07, 6.45) is -4.26. The Labute approximate surface area is 181 Å². The zero-order chi connectivity index (χ0) is 23.5.